The highest BCUT2D eigenvalue weighted by Crippen LogP contribution is 2.26. The van der Waals surface area contributed by atoms with Crippen LogP contribution in [0.4, 0.5) is 14.5 Å². The number of halogens is 2. The molecule has 6 nitrogen and oxygen atoms in total. The van der Waals surface area contributed by atoms with Gasteiger partial charge in [0.05, 0.1) is 30.0 Å². The van der Waals surface area contributed by atoms with Gasteiger partial charge in [0, 0.05) is 17.0 Å². The van der Waals surface area contributed by atoms with Crippen LogP contribution in [0.15, 0.2) is 41.8 Å². The molecule has 9 heteroatoms. The molecule has 0 spiro atoms. The molecule has 3 N–H and O–H groups in total. The van der Waals surface area contributed by atoms with E-state index in [0.717, 1.165) is 22.4 Å². The molecule has 0 radical (unpaired) electrons. The van der Waals surface area contributed by atoms with Crippen molar-refractivity contribution in [3.8, 4) is 16.3 Å². The van der Waals surface area contributed by atoms with Crippen LogP contribution in [-0.4, -0.2) is 23.4 Å². The number of nitrogens with two attached hydrogens (primary N) is 1. The van der Waals surface area contributed by atoms with Crippen LogP contribution in [-0.2, 0) is 11.2 Å². The van der Waals surface area contributed by atoms with Crippen molar-refractivity contribution in [1.82, 2.24) is 4.98 Å². The van der Waals surface area contributed by atoms with Gasteiger partial charge in [0.15, 0.2) is 0 Å². The van der Waals surface area contributed by atoms with E-state index in [1.165, 1.54) is 11.3 Å². The highest BCUT2D eigenvalue weighted by Gasteiger charge is 2.16. The zero-order valence-corrected chi connectivity index (χ0v) is 16.2. The number of hydrogen-bond donors (Lipinski definition) is 2. The first kappa shape index (κ1) is 20.4. The summed E-state index contributed by atoms with van der Waals surface area (Å²) in [5.74, 6) is -2.96. The Kier molecular flexibility index (Phi) is 6.18. The average molecular weight is 417 g/mol. The Bertz CT molecular complexity index is 1050. The number of aromatic nitrogens is 1. The lowest BCUT2D eigenvalue weighted by atomic mass is 10.1. The van der Waals surface area contributed by atoms with Crippen molar-refractivity contribution in [2.45, 2.75) is 13.3 Å². The number of ether oxygens (including phenoxy) is 1. The fourth-order valence-corrected chi connectivity index (χ4v) is 3.40. The molecule has 3 aromatic rings. The molecule has 0 aliphatic rings. The first-order valence-electron chi connectivity index (χ1n) is 8.63. The minimum Gasteiger partial charge on any atom is -0.494 e. The highest BCUT2D eigenvalue weighted by molar-refractivity contribution is 7.13. The third kappa shape index (κ3) is 4.94. The molecule has 2 aromatic carbocycles. The van der Waals surface area contributed by atoms with E-state index in [1.807, 2.05) is 31.2 Å². The summed E-state index contributed by atoms with van der Waals surface area (Å²) < 4.78 is 32.8. The third-order valence-corrected chi connectivity index (χ3v) is 4.84. The number of rotatable bonds is 7. The van der Waals surface area contributed by atoms with E-state index < -0.39 is 29.0 Å². The molecule has 0 atom stereocenters. The lowest BCUT2D eigenvalue weighted by Gasteiger charge is -2.08. The number of carbonyl (C=O) groups is 2. The maximum absolute atomic E-state index is 13.9. The summed E-state index contributed by atoms with van der Waals surface area (Å²) >= 11 is 1.36. The standard InChI is InChI=1S/C20H17F2N3O3S/c1-2-28-13-5-3-11(4-6-13)20-24-12(10-29-20)7-18(26)25-17-8-14(19(23)27)15(21)9-16(17)22/h3-6,8-10H,2,7H2,1H3,(H2,23,27)(H,25,26). The van der Waals surface area contributed by atoms with Crippen LogP contribution in [0.1, 0.15) is 23.0 Å². The van der Waals surface area contributed by atoms with E-state index >= 15 is 0 Å². The van der Waals surface area contributed by atoms with Crippen LogP contribution < -0.4 is 15.8 Å². The van der Waals surface area contributed by atoms with Gasteiger partial charge in [-0.1, -0.05) is 0 Å². The Hall–Kier alpha value is -3.33. The number of hydrogen-bond acceptors (Lipinski definition) is 5. The zero-order chi connectivity index (χ0) is 21.0. The van der Waals surface area contributed by atoms with Crippen molar-refractivity contribution in [2.75, 3.05) is 11.9 Å². The molecule has 0 saturated heterocycles. The summed E-state index contributed by atoms with van der Waals surface area (Å²) in [6.45, 7) is 2.48. The summed E-state index contributed by atoms with van der Waals surface area (Å²) in [6.07, 6.45) is -0.115. The van der Waals surface area contributed by atoms with Crippen molar-refractivity contribution in [1.29, 1.82) is 0 Å². The first-order chi connectivity index (χ1) is 13.9. The van der Waals surface area contributed by atoms with E-state index in [2.05, 4.69) is 10.3 Å². The predicted molar refractivity (Wildman–Crippen MR) is 106 cm³/mol. The maximum atomic E-state index is 13.9. The van der Waals surface area contributed by atoms with Crippen molar-refractivity contribution in [2.24, 2.45) is 5.73 Å². The second-order valence-electron chi connectivity index (χ2n) is 6.00. The molecule has 0 saturated carbocycles. The molecule has 0 aliphatic carbocycles. The molecule has 0 fully saturated rings. The summed E-state index contributed by atoms with van der Waals surface area (Å²) in [6, 6.07) is 8.78. The monoisotopic (exact) mass is 417 g/mol. The van der Waals surface area contributed by atoms with Crippen LogP contribution in [0, 0.1) is 11.6 Å². The van der Waals surface area contributed by atoms with Gasteiger partial charge in [-0.05, 0) is 37.3 Å². The molecular formula is C20H17F2N3O3S. The third-order valence-electron chi connectivity index (χ3n) is 3.90. The smallest absolute Gasteiger partial charge is 0.251 e. The second kappa shape index (κ2) is 8.78. The molecule has 150 valence electrons. The number of carbonyl (C=O) groups excluding carboxylic acids is 2. The van der Waals surface area contributed by atoms with Gasteiger partial charge in [0.2, 0.25) is 5.91 Å². The molecule has 0 unspecified atom stereocenters. The number of nitrogens with zero attached hydrogens (tertiary/aromatic N) is 1. The fraction of sp³-hybridized carbons (Fsp3) is 0.150. The topological polar surface area (TPSA) is 94.3 Å². The van der Waals surface area contributed by atoms with E-state index in [9.17, 15) is 18.4 Å². The van der Waals surface area contributed by atoms with Crippen LogP contribution in [0.25, 0.3) is 10.6 Å². The minimum atomic E-state index is -1.09. The molecule has 1 aromatic heterocycles. The van der Waals surface area contributed by atoms with E-state index in [0.29, 0.717) is 18.4 Å². The molecule has 0 bridgehead atoms. The quantitative estimate of drug-likeness (QED) is 0.612. The van der Waals surface area contributed by atoms with Gasteiger partial charge in [-0.2, -0.15) is 0 Å². The molecule has 1 heterocycles. The Morgan fingerprint density at radius 2 is 1.90 bits per heavy atom. The molecule has 29 heavy (non-hydrogen) atoms. The van der Waals surface area contributed by atoms with Crippen LogP contribution in [0.3, 0.4) is 0 Å². The van der Waals surface area contributed by atoms with Crippen LogP contribution >= 0.6 is 11.3 Å². The van der Waals surface area contributed by atoms with Gasteiger partial charge in [-0.3, -0.25) is 9.59 Å². The highest BCUT2D eigenvalue weighted by atomic mass is 32.1. The lowest BCUT2D eigenvalue weighted by molar-refractivity contribution is -0.115. The molecule has 0 aliphatic heterocycles. The normalized spacial score (nSPS) is 10.6. The van der Waals surface area contributed by atoms with Crippen molar-refractivity contribution in [3.05, 3.63) is 64.7 Å². The predicted octanol–water partition coefficient (Wildman–Crippen LogP) is 3.77. The minimum absolute atomic E-state index is 0.115. The fourth-order valence-electron chi connectivity index (χ4n) is 2.57. The first-order valence-corrected chi connectivity index (χ1v) is 9.51. The Morgan fingerprint density at radius 3 is 2.55 bits per heavy atom. The largest absolute Gasteiger partial charge is 0.494 e. The van der Waals surface area contributed by atoms with E-state index in [-0.39, 0.29) is 12.1 Å². The van der Waals surface area contributed by atoms with Crippen LogP contribution in [0.2, 0.25) is 0 Å². The van der Waals surface area contributed by atoms with Crippen molar-refractivity contribution >= 4 is 28.8 Å². The lowest BCUT2D eigenvalue weighted by Crippen LogP contribution is -2.18. The number of nitrogens with one attached hydrogen (secondary N) is 1. The molecule has 3 rings (SSSR count). The summed E-state index contributed by atoms with van der Waals surface area (Å²) in [5, 5.41) is 4.76. The van der Waals surface area contributed by atoms with Crippen LogP contribution in [0.5, 0.6) is 5.75 Å². The zero-order valence-electron chi connectivity index (χ0n) is 15.4. The van der Waals surface area contributed by atoms with Gasteiger partial charge in [0.25, 0.3) is 5.91 Å². The van der Waals surface area contributed by atoms with E-state index in [1.54, 1.807) is 5.38 Å². The Morgan fingerprint density at radius 1 is 1.17 bits per heavy atom. The Labute approximate surface area is 169 Å². The van der Waals surface area contributed by atoms with Crippen molar-refractivity contribution in [3.63, 3.8) is 0 Å². The van der Waals surface area contributed by atoms with Gasteiger partial charge < -0.3 is 15.8 Å². The number of benzene rings is 2. The van der Waals surface area contributed by atoms with Gasteiger partial charge in [-0.15, -0.1) is 11.3 Å². The molecule has 2 amide bonds. The molecular weight excluding hydrogens is 400 g/mol. The number of amides is 2. The number of anilines is 1. The number of thiazole rings is 1. The summed E-state index contributed by atoms with van der Waals surface area (Å²) in [5.41, 5.74) is 5.58. The Balaban J connectivity index is 1.69. The summed E-state index contributed by atoms with van der Waals surface area (Å²) in [4.78, 5) is 27.8. The second-order valence-corrected chi connectivity index (χ2v) is 6.86. The van der Waals surface area contributed by atoms with E-state index in [4.69, 9.17) is 10.5 Å². The van der Waals surface area contributed by atoms with Gasteiger partial charge >= 0.3 is 0 Å². The number of primary amides is 1. The summed E-state index contributed by atoms with van der Waals surface area (Å²) in [7, 11) is 0. The average Bonchev–Trinajstić information content (AvgIpc) is 3.13. The van der Waals surface area contributed by atoms with Crippen molar-refractivity contribution < 1.29 is 23.1 Å². The SMILES string of the molecule is CCOc1ccc(-c2nc(CC(=O)Nc3cc(C(N)=O)c(F)cc3F)cs2)cc1. The van der Waals surface area contributed by atoms with Gasteiger partial charge in [-0.25, -0.2) is 13.8 Å². The maximum Gasteiger partial charge on any atom is 0.251 e. The van der Waals surface area contributed by atoms with Gasteiger partial charge in [0.1, 0.15) is 22.4 Å².